The number of imidazole rings is 1. The number of halogens is 1. The van der Waals surface area contributed by atoms with Gasteiger partial charge in [0.05, 0.1) is 4.90 Å². The molecule has 5 nitrogen and oxygen atoms in total. The van der Waals surface area contributed by atoms with Gasteiger partial charge in [-0.05, 0) is 30.7 Å². The lowest BCUT2D eigenvalue weighted by Gasteiger charge is -2.08. The minimum absolute atomic E-state index is 0.179. The van der Waals surface area contributed by atoms with Crippen molar-refractivity contribution in [2.45, 2.75) is 11.8 Å². The molecule has 7 heteroatoms. The number of aromatic amines is 1. The molecule has 1 heterocycles. The summed E-state index contributed by atoms with van der Waals surface area (Å²) in [5, 5.41) is 0.499. The van der Waals surface area contributed by atoms with E-state index in [2.05, 4.69) is 14.7 Å². The van der Waals surface area contributed by atoms with Gasteiger partial charge in [-0.15, -0.1) is 0 Å². The summed E-state index contributed by atoms with van der Waals surface area (Å²) in [5.74, 6) is 0.180. The number of aromatic nitrogens is 2. The molecule has 0 atom stereocenters. The number of rotatable bonds is 3. The zero-order valence-electron chi connectivity index (χ0n) is 8.94. The maximum Gasteiger partial charge on any atom is 0.264 e. The highest BCUT2D eigenvalue weighted by molar-refractivity contribution is 7.92. The van der Waals surface area contributed by atoms with Crippen LogP contribution in [0.4, 0.5) is 5.95 Å². The number of aryl methyl sites for hydroxylation is 1. The van der Waals surface area contributed by atoms with E-state index in [1.807, 2.05) is 0 Å². The van der Waals surface area contributed by atoms with Crippen LogP contribution >= 0.6 is 11.6 Å². The van der Waals surface area contributed by atoms with Crippen LogP contribution in [0.25, 0.3) is 0 Å². The van der Waals surface area contributed by atoms with Crippen LogP contribution in [0.5, 0.6) is 0 Å². The zero-order valence-corrected chi connectivity index (χ0v) is 10.5. The minimum atomic E-state index is -3.63. The number of H-pyrrole nitrogens is 1. The number of anilines is 1. The molecule has 17 heavy (non-hydrogen) atoms. The van der Waals surface area contributed by atoms with Gasteiger partial charge in [-0.2, -0.15) is 0 Å². The molecule has 0 unspecified atom stereocenters. The third-order valence-electron chi connectivity index (χ3n) is 2.16. The Hall–Kier alpha value is -1.53. The van der Waals surface area contributed by atoms with E-state index in [-0.39, 0.29) is 10.8 Å². The van der Waals surface area contributed by atoms with Gasteiger partial charge in [-0.25, -0.2) is 18.1 Å². The normalized spacial score (nSPS) is 11.4. The Balaban J connectivity index is 2.38. The van der Waals surface area contributed by atoms with Gasteiger partial charge in [0.1, 0.15) is 0 Å². The molecular formula is C10H10ClN3O2S. The molecule has 0 bridgehead atoms. The van der Waals surface area contributed by atoms with Gasteiger partial charge in [0.2, 0.25) is 5.95 Å². The molecule has 0 saturated heterocycles. The Kier molecular flexibility index (Phi) is 3.08. The average molecular weight is 272 g/mol. The number of benzene rings is 1. The van der Waals surface area contributed by atoms with Crippen molar-refractivity contribution < 1.29 is 8.42 Å². The molecule has 0 radical (unpaired) electrons. The summed E-state index contributed by atoms with van der Waals surface area (Å²) < 4.78 is 26.4. The quantitative estimate of drug-likeness (QED) is 0.898. The highest BCUT2D eigenvalue weighted by atomic mass is 35.5. The molecule has 0 aliphatic carbocycles. The zero-order chi connectivity index (χ0) is 12.5. The molecule has 0 aliphatic rings. The molecule has 2 aromatic rings. The monoisotopic (exact) mass is 271 g/mol. The van der Waals surface area contributed by atoms with Gasteiger partial charge >= 0.3 is 0 Å². The van der Waals surface area contributed by atoms with Gasteiger partial charge in [0.25, 0.3) is 10.0 Å². The summed E-state index contributed by atoms with van der Waals surface area (Å²) in [6.45, 7) is 1.68. The first-order chi connectivity index (χ1) is 7.99. The summed E-state index contributed by atoms with van der Waals surface area (Å²) in [7, 11) is -3.63. The maximum absolute atomic E-state index is 12.0. The predicted molar refractivity (Wildman–Crippen MR) is 65.6 cm³/mol. The topological polar surface area (TPSA) is 74.8 Å². The van der Waals surface area contributed by atoms with Gasteiger partial charge in [0, 0.05) is 17.4 Å². The summed E-state index contributed by atoms with van der Waals surface area (Å²) in [6.07, 6.45) is 3.00. The number of sulfonamides is 1. The molecule has 1 aromatic carbocycles. The number of hydrogen-bond donors (Lipinski definition) is 2. The first-order valence-corrected chi connectivity index (χ1v) is 6.63. The molecule has 0 aliphatic heterocycles. The Morgan fingerprint density at radius 3 is 2.76 bits per heavy atom. The second-order valence-corrected chi connectivity index (χ2v) is 5.54. The first-order valence-electron chi connectivity index (χ1n) is 4.77. The Bertz CT molecular complexity index is 623. The lowest BCUT2D eigenvalue weighted by atomic mass is 10.2. The van der Waals surface area contributed by atoms with E-state index in [0.717, 1.165) is 0 Å². The van der Waals surface area contributed by atoms with Gasteiger partial charge < -0.3 is 4.98 Å². The van der Waals surface area contributed by atoms with Gasteiger partial charge in [-0.3, -0.25) is 0 Å². The van der Waals surface area contributed by atoms with Crippen LogP contribution in [0.15, 0.2) is 35.5 Å². The van der Waals surface area contributed by atoms with Crippen molar-refractivity contribution in [1.29, 1.82) is 0 Å². The Labute approximate surface area is 104 Å². The highest BCUT2D eigenvalue weighted by Crippen LogP contribution is 2.21. The minimum Gasteiger partial charge on any atom is -0.330 e. The fourth-order valence-corrected chi connectivity index (χ4v) is 2.85. The molecule has 90 valence electrons. The number of hydrogen-bond acceptors (Lipinski definition) is 3. The van der Waals surface area contributed by atoms with Crippen LogP contribution in [0.1, 0.15) is 5.56 Å². The third-order valence-corrected chi connectivity index (χ3v) is 3.89. The summed E-state index contributed by atoms with van der Waals surface area (Å²) >= 11 is 5.78. The van der Waals surface area contributed by atoms with Gasteiger partial charge in [0.15, 0.2) is 0 Å². The molecule has 2 N–H and O–H groups in total. The molecular weight excluding hydrogens is 262 g/mol. The average Bonchev–Trinajstić information content (AvgIpc) is 2.68. The molecule has 0 spiro atoms. The van der Waals surface area contributed by atoms with Crippen LogP contribution in [0, 0.1) is 6.92 Å². The van der Waals surface area contributed by atoms with Crippen LogP contribution in [-0.4, -0.2) is 18.4 Å². The summed E-state index contributed by atoms with van der Waals surface area (Å²) in [6, 6.07) is 4.59. The Morgan fingerprint density at radius 2 is 2.18 bits per heavy atom. The summed E-state index contributed by atoms with van der Waals surface area (Å²) in [4.78, 5) is 6.65. The molecule has 0 amide bonds. The second-order valence-electron chi connectivity index (χ2n) is 3.45. The Morgan fingerprint density at radius 1 is 1.41 bits per heavy atom. The van der Waals surface area contributed by atoms with E-state index in [4.69, 9.17) is 11.6 Å². The van der Waals surface area contributed by atoms with Crippen molar-refractivity contribution in [3.8, 4) is 0 Å². The number of nitrogens with one attached hydrogen (secondary N) is 2. The van der Waals surface area contributed by atoms with Crippen molar-refractivity contribution in [3.63, 3.8) is 0 Å². The van der Waals surface area contributed by atoms with Gasteiger partial charge in [-0.1, -0.05) is 11.6 Å². The maximum atomic E-state index is 12.0. The lowest BCUT2D eigenvalue weighted by molar-refractivity contribution is 0.600. The fraction of sp³-hybridized carbons (Fsp3) is 0.100. The van der Waals surface area contributed by atoms with Crippen molar-refractivity contribution >= 4 is 27.6 Å². The predicted octanol–water partition coefficient (Wildman–Crippen LogP) is 2.17. The van der Waals surface area contributed by atoms with Crippen LogP contribution in [0.2, 0.25) is 5.02 Å². The van der Waals surface area contributed by atoms with Crippen LogP contribution < -0.4 is 4.72 Å². The van der Waals surface area contributed by atoms with E-state index < -0.39 is 10.0 Å². The lowest BCUT2D eigenvalue weighted by Crippen LogP contribution is -2.15. The standard InChI is InChI=1S/C10H10ClN3O2S/c1-7-6-8(11)2-3-9(7)17(15,16)14-10-12-4-5-13-10/h2-6H,1H3,(H2,12,13,14). The SMILES string of the molecule is Cc1cc(Cl)ccc1S(=O)(=O)Nc1ncc[nH]1. The van der Waals surface area contributed by atoms with E-state index in [1.54, 1.807) is 13.0 Å². The smallest absolute Gasteiger partial charge is 0.264 e. The van der Waals surface area contributed by atoms with E-state index in [9.17, 15) is 8.42 Å². The molecule has 2 rings (SSSR count). The van der Waals surface area contributed by atoms with Crippen LogP contribution in [-0.2, 0) is 10.0 Å². The van der Waals surface area contributed by atoms with Crippen LogP contribution in [0.3, 0.4) is 0 Å². The highest BCUT2D eigenvalue weighted by Gasteiger charge is 2.17. The van der Waals surface area contributed by atoms with Crippen molar-refractivity contribution in [2.75, 3.05) is 4.72 Å². The fourth-order valence-electron chi connectivity index (χ4n) is 1.42. The summed E-state index contributed by atoms with van der Waals surface area (Å²) in [5.41, 5.74) is 0.580. The largest absolute Gasteiger partial charge is 0.330 e. The van der Waals surface area contributed by atoms with E-state index >= 15 is 0 Å². The van der Waals surface area contributed by atoms with Crippen molar-refractivity contribution in [3.05, 3.63) is 41.2 Å². The second kappa shape index (κ2) is 4.38. The van der Waals surface area contributed by atoms with E-state index in [1.165, 1.54) is 24.5 Å². The van der Waals surface area contributed by atoms with Crippen molar-refractivity contribution in [2.24, 2.45) is 0 Å². The first kappa shape index (κ1) is 11.9. The molecule has 0 fully saturated rings. The van der Waals surface area contributed by atoms with Crippen molar-refractivity contribution in [1.82, 2.24) is 9.97 Å². The third kappa shape index (κ3) is 2.59. The number of nitrogens with zero attached hydrogens (tertiary/aromatic N) is 1. The van der Waals surface area contributed by atoms with E-state index in [0.29, 0.717) is 10.6 Å². The molecule has 1 aromatic heterocycles. The molecule has 0 saturated carbocycles.